The molecule has 0 aliphatic rings. The van der Waals surface area contributed by atoms with E-state index in [9.17, 15) is 17.6 Å². The van der Waals surface area contributed by atoms with E-state index in [1.807, 2.05) is 0 Å². The summed E-state index contributed by atoms with van der Waals surface area (Å²) >= 11 is 6.05. The number of amides is 1. The molecule has 4 rings (SSSR count). The van der Waals surface area contributed by atoms with Gasteiger partial charge in [-0.2, -0.15) is 5.10 Å². The molecule has 0 unspecified atom stereocenters. The van der Waals surface area contributed by atoms with Gasteiger partial charge < -0.3 is 10.1 Å². The molecule has 2 N–H and O–H groups in total. The molecule has 0 aliphatic heterocycles. The van der Waals surface area contributed by atoms with E-state index in [1.54, 1.807) is 30.5 Å². The van der Waals surface area contributed by atoms with Crippen LogP contribution in [-0.2, 0) is 16.6 Å². The molecule has 0 aliphatic carbocycles. The van der Waals surface area contributed by atoms with E-state index in [-0.39, 0.29) is 28.7 Å². The fraction of sp³-hybridized carbons (Fsp3) is 0.0870. The fourth-order valence-electron chi connectivity index (χ4n) is 3.15. The molecule has 1 amide bonds. The van der Waals surface area contributed by atoms with Crippen molar-refractivity contribution in [2.75, 3.05) is 16.3 Å². The monoisotopic (exact) mass is 515 g/mol. The van der Waals surface area contributed by atoms with Gasteiger partial charge in [-0.1, -0.05) is 23.7 Å². The van der Waals surface area contributed by atoms with Crippen molar-refractivity contribution in [1.82, 2.24) is 14.8 Å². The molecule has 2 aromatic heterocycles. The van der Waals surface area contributed by atoms with Gasteiger partial charge in [0.05, 0.1) is 23.7 Å². The highest BCUT2D eigenvalue weighted by Crippen LogP contribution is 2.25. The number of hydrogen-bond acceptors (Lipinski definition) is 6. The van der Waals surface area contributed by atoms with Crippen molar-refractivity contribution in [2.45, 2.75) is 6.61 Å². The van der Waals surface area contributed by atoms with Crippen LogP contribution in [0, 0.1) is 5.82 Å². The van der Waals surface area contributed by atoms with Gasteiger partial charge in [0.25, 0.3) is 5.91 Å². The standard InChI is InChI=1S/C23H19ClFN5O4S/c1-35(32,33)29-20-10-17(24)9-19(11-20)28-23(31)16-12-27-30(13-16)22-21(6-3-7-26-22)34-14-15-4-2-5-18(25)8-15/h2-13,29H,14H2,1H3,(H,28,31). The Balaban J connectivity index is 1.50. The topological polar surface area (TPSA) is 115 Å². The number of nitrogens with one attached hydrogen (secondary N) is 2. The summed E-state index contributed by atoms with van der Waals surface area (Å²) in [7, 11) is -3.52. The van der Waals surface area contributed by atoms with E-state index in [0.717, 1.165) is 6.26 Å². The Bertz CT molecular complexity index is 1490. The van der Waals surface area contributed by atoms with Crippen molar-refractivity contribution < 1.29 is 22.3 Å². The maximum atomic E-state index is 13.4. The number of aromatic nitrogens is 3. The third-order valence-corrected chi connectivity index (χ3v) is 5.38. The van der Waals surface area contributed by atoms with Crippen molar-refractivity contribution >= 4 is 38.9 Å². The molecule has 0 radical (unpaired) electrons. The third-order valence-electron chi connectivity index (χ3n) is 4.55. The first kappa shape index (κ1) is 24.2. The van der Waals surface area contributed by atoms with E-state index in [4.69, 9.17) is 16.3 Å². The largest absolute Gasteiger partial charge is 0.485 e. The van der Waals surface area contributed by atoms with Crippen LogP contribution in [0.15, 0.2) is 73.2 Å². The second-order valence-corrected chi connectivity index (χ2v) is 9.66. The number of hydrogen-bond donors (Lipinski definition) is 2. The molecule has 4 aromatic rings. The lowest BCUT2D eigenvalue weighted by molar-refractivity contribution is 0.102. The third kappa shape index (κ3) is 6.55. The predicted octanol–water partition coefficient (Wildman–Crippen LogP) is 4.26. The van der Waals surface area contributed by atoms with Crippen molar-refractivity contribution in [3.05, 3.63) is 95.2 Å². The van der Waals surface area contributed by atoms with Gasteiger partial charge in [-0.3, -0.25) is 9.52 Å². The Labute approximate surface area is 205 Å². The van der Waals surface area contributed by atoms with Crippen LogP contribution in [0.5, 0.6) is 5.75 Å². The zero-order valence-corrected chi connectivity index (χ0v) is 19.8. The van der Waals surface area contributed by atoms with Crippen LogP contribution in [0.25, 0.3) is 5.82 Å². The average Bonchev–Trinajstić information content (AvgIpc) is 3.27. The summed E-state index contributed by atoms with van der Waals surface area (Å²) in [5.41, 5.74) is 1.36. The smallest absolute Gasteiger partial charge is 0.258 e. The summed E-state index contributed by atoms with van der Waals surface area (Å²) in [6, 6.07) is 13.8. The number of carbonyl (C=O) groups excluding carboxylic acids is 1. The Hall–Kier alpha value is -3.96. The van der Waals surface area contributed by atoms with Gasteiger partial charge in [0, 0.05) is 23.1 Å². The lowest BCUT2D eigenvalue weighted by atomic mass is 10.2. The number of pyridine rings is 1. The van der Waals surface area contributed by atoms with Gasteiger partial charge in [0.15, 0.2) is 11.6 Å². The highest BCUT2D eigenvalue weighted by atomic mass is 35.5. The number of sulfonamides is 1. The molecule has 9 nitrogen and oxygen atoms in total. The van der Waals surface area contributed by atoms with E-state index < -0.39 is 15.9 Å². The van der Waals surface area contributed by atoms with Crippen LogP contribution in [0.3, 0.4) is 0 Å². The minimum atomic E-state index is -3.52. The average molecular weight is 516 g/mol. The quantitative estimate of drug-likeness (QED) is 0.362. The van der Waals surface area contributed by atoms with Crippen LogP contribution in [-0.4, -0.2) is 35.3 Å². The molecule has 0 saturated carbocycles. The first-order valence-corrected chi connectivity index (χ1v) is 12.4. The fourth-order valence-corrected chi connectivity index (χ4v) is 3.93. The van der Waals surface area contributed by atoms with Crippen LogP contribution in [0.4, 0.5) is 15.8 Å². The SMILES string of the molecule is CS(=O)(=O)Nc1cc(Cl)cc(NC(=O)c2cnn(-c3ncccc3OCc3cccc(F)c3)c2)c1. The molecule has 2 aromatic carbocycles. The number of rotatable bonds is 8. The molecule has 0 bridgehead atoms. The maximum Gasteiger partial charge on any atom is 0.258 e. The van der Waals surface area contributed by atoms with Crippen LogP contribution in [0.1, 0.15) is 15.9 Å². The van der Waals surface area contributed by atoms with Crippen LogP contribution in [0.2, 0.25) is 5.02 Å². The highest BCUT2D eigenvalue weighted by Gasteiger charge is 2.15. The Morgan fingerprint density at radius 3 is 2.71 bits per heavy atom. The summed E-state index contributed by atoms with van der Waals surface area (Å²) in [5.74, 6) is -0.135. The molecule has 0 spiro atoms. The number of carbonyl (C=O) groups is 1. The summed E-state index contributed by atoms with van der Waals surface area (Å²) in [6.07, 6.45) is 5.37. The summed E-state index contributed by atoms with van der Waals surface area (Å²) < 4.78 is 45.9. The van der Waals surface area contributed by atoms with Gasteiger partial charge in [-0.15, -0.1) is 0 Å². The van der Waals surface area contributed by atoms with Crippen molar-refractivity contribution in [1.29, 1.82) is 0 Å². The molecule has 12 heteroatoms. The molecule has 0 atom stereocenters. The summed E-state index contributed by atoms with van der Waals surface area (Å²) in [4.78, 5) is 17.0. The van der Waals surface area contributed by atoms with E-state index in [2.05, 4.69) is 20.1 Å². The lowest BCUT2D eigenvalue weighted by Crippen LogP contribution is -2.13. The Morgan fingerprint density at radius 2 is 1.94 bits per heavy atom. The molecule has 0 fully saturated rings. The number of halogens is 2. The van der Waals surface area contributed by atoms with E-state index >= 15 is 0 Å². The molecule has 0 saturated heterocycles. The van der Waals surface area contributed by atoms with E-state index in [0.29, 0.717) is 22.8 Å². The number of ether oxygens (including phenoxy) is 1. The van der Waals surface area contributed by atoms with Gasteiger partial charge in [0.2, 0.25) is 10.0 Å². The van der Waals surface area contributed by atoms with Gasteiger partial charge >= 0.3 is 0 Å². The number of benzene rings is 2. The molecular weight excluding hydrogens is 497 g/mol. The minimum absolute atomic E-state index is 0.115. The maximum absolute atomic E-state index is 13.4. The molecule has 2 heterocycles. The predicted molar refractivity (Wildman–Crippen MR) is 130 cm³/mol. The lowest BCUT2D eigenvalue weighted by Gasteiger charge is -2.10. The van der Waals surface area contributed by atoms with Gasteiger partial charge in [-0.25, -0.2) is 22.5 Å². The summed E-state index contributed by atoms with van der Waals surface area (Å²) in [6.45, 7) is 0.115. The van der Waals surface area contributed by atoms with E-state index in [1.165, 1.54) is 47.4 Å². The van der Waals surface area contributed by atoms with Crippen molar-refractivity contribution in [2.24, 2.45) is 0 Å². The Morgan fingerprint density at radius 1 is 1.14 bits per heavy atom. The second kappa shape index (κ2) is 10.1. The zero-order valence-electron chi connectivity index (χ0n) is 18.3. The van der Waals surface area contributed by atoms with Gasteiger partial charge in [-0.05, 0) is 48.0 Å². The van der Waals surface area contributed by atoms with Crippen LogP contribution >= 0.6 is 11.6 Å². The van der Waals surface area contributed by atoms with Crippen LogP contribution < -0.4 is 14.8 Å². The normalized spacial score (nSPS) is 11.2. The first-order valence-electron chi connectivity index (χ1n) is 10.1. The number of anilines is 2. The zero-order chi connectivity index (χ0) is 25.0. The minimum Gasteiger partial charge on any atom is -0.485 e. The van der Waals surface area contributed by atoms with Gasteiger partial charge in [0.1, 0.15) is 12.4 Å². The summed E-state index contributed by atoms with van der Waals surface area (Å²) in [5, 5.41) is 7.09. The number of nitrogens with zero attached hydrogens (tertiary/aromatic N) is 3. The van der Waals surface area contributed by atoms with Crippen molar-refractivity contribution in [3.63, 3.8) is 0 Å². The highest BCUT2D eigenvalue weighted by molar-refractivity contribution is 7.92. The molecule has 180 valence electrons. The molecular formula is C23H19ClFN5O4S. The second-order valence-electron chi connectivity index (χ2n) is 7.47. The Kier molecular flexibility index (Phi) is 6.99. The first-order chi connectivity index (χ1) is 16.7. The van der Waals surface area contributed by atoms with Crippen molar-refractivity contribution in [3.8, 4) is 11.6 Å². The molecule has 35 heavy (non-hydrogen) atoms.